The van der Waals surface area contributed by atoms with Crippen molar-refractivity contribution in [1.82, 2.24) is 20.2 Å². The number of nitrogens with one attached hydrogen (secondary N) is 2. The van der Waals surface area contributed by atoms with Crippen molar-refractivity contribution in [2.75, 3.05) is 21.3 Å². The number of aryl methyl sites for hydroxylation is 1. The molecule has 1 aromatic heterocycles. The van der Waals surface area contributed by atoms with E-state index < -0.39 is 0 Å². The standard InChI is InChI=1S/C22H26FN5O2/c1-15-25-9-10-28(15)19-7-5-16(11-18(19)23)13-26-22(24-2)27-14-17-6-8-20(29-3)21(12-17)30-4/h5-12H,13-14H2,1-4H3,(H2,24,26,27). The minimum atomic E-state index is -0.302. The van der Waals surface area contributed by atoms with Gasteiger partial charge in [0.05, 0.1) is 19.9 Å². The molecule has 0 unspecified atom stereocenters. The Labute approximate surface area is 175 Å². The molecule has 7 nitrogen and oxygen atoms in total. The molecule has 0 atom stereocenters. The van der Waals surface area contributed by atoms with E-state index in [0.717, 1.165) is 17.0 Å². The van der Waals surface area contributed by atoms with E-state index in [9.17, 15) is 4.39 Å². The predicted octanol–water partition coefficient (Wildman–Crippen LogP) is 3.20. The zero-order valence-corrected chi connectivity index (χ0v) is 17.6. The number of hydrogen-bond acceptors (Lipinski definition) is 4. The number of ether oxygens (including phenoxy) is 2. The maximum absolute atomic E-state index is 14.6. The van der Waals surface area contributed by atoms with Gasteiger partial charge in [-0.05, 0) is 42.3 Å². The summed E-state index contributed by atoms with van der Waals surface area (Å²) in [6.07, 6.45) is 3.39. The Morgan fingerprint density at radius 2 is 1.70 bits per heavy atom. The highest BCUT2D eigenvalue weighted by Gasteiger charge is 2.09. The van der Waals surface area contributed by atoms with Gasteiger partial charge in [0, 0.05) is 32.5 Å². The lowest BCUT2D eigenvalue weighted by atomic mass is 10.2. The summed E-state index contributed by atoms with van der Waals surface area (Å²) < 4.78 is 26.9. The second-order valence-corrected chi connectivity index (χ2v) is 6.60. The van der Waals surface area contributed by atoms with Crippen LogP contribution in [0.25, 0.3) is 5.69 Å². The van der Waals surface area contributed by atoms with Crippen molar-refractivity contribution in [3.8, 4) is 17.2 Å². The molecule has 3 aromatic rings. The molecule has 2 aromatic carbocycles. The summed E-state index contributed by atoms with van der Waals surface area (Å²) in [7, 11) is 4.90. The second kappa shape index (κ2) is 9.78. The number of rotatable bonds is 7. The van der Waals surface area contributed by atoms with Gasteiger partial charge in [0.15, 0.2) is 17.5 Å². The Balaban J connectivity index is 1.59. The van der Waals surface area contributed by atoms with Crippen LogP contribution < -0.4 is 20.1 Å². The molecule has 30 heavy (non-hydrogen) atoms. The maximum atomic E-state index is 14.6. The van der Waals surface area contributed by atoms with Crippen molar-refractivity contribution in [1.29, 1.82) is 0 Å². The van der Waals surface area contributed by atoms with Crippen LogP contribution in [0.15, 0.2) is 53.8 Å². The molecule has 0 aliphatic rings. The molecule has 0 spiro atoms. The summed E-state index contributed by atoms with van der Waals surface area (Å²) in [5.41, 5.74) is 2.30. The lowest BCUT2D eigenvalue weighted by Gasteiger charge is -2.14. The van der Waals surface area contributed by atoms with E-state index in [2.05, 4.69) is 20.6 Å². The molecule has 0 radical (unpaired) electrons. The van der Waals surface area contributed by atoms with Gasteiger partial charge in [-0.1, -0.05) is 12.1 Å². The normalized spacial score (nSPS) is 11.3. The molecule has 1 heterocycles. The summed E-state index contributed by atoms with van der Waals surface area (Å²) >= 11 is 0. The molecule has 2 N–H and O–H groups in total. The molecule has 3 rings (SSSR count). The second-order valence-electron chi connectivity index (χ2n) is 6.60. The van der Waals surface area contributed by atoms with Gasteiger partial charge in [-0.3, -0.25) is 4.99 Å². The minimum Gasteiger partial charge on any atom is -0.493 e. The summed E-state index contributed by atoms with van der Waals surface area (Å²) in [5, 5.41) is 6.43. The third-order valence-corrected chi connectivity index (χ3v) is 4.69. The summed E-state index contributed by atoms with van der Waals surface area (Å²) in [6.45, 7) is 2.82. The maximum Gasteiger partial charge on any atom is 0.191 e. The highest BCUT2D eigenvalue weighted by molar-refractivity contribution is 5.79. The lowest BCUT2D eigenvalue weighted by Crippen LogP contribution is -2.36. The Kier molecular flexibility index (Phi) is 6.90. The smallest absolute Gasteiger partial charge is 0.191 e. The average Bonchev–Trinajstić information content (AvgIpc) is 3.19. The quantitative estimate of drug-likeness (QED) is 0.461. The minimum absolute atomic E-state index is 0.302. The third-order valence-electron chi connectivity index (χ3n) is 4.69. The van der Waals surface area contributed by atoms with E-state index in [0.29, 0.717) is 36.2 Å². The topological polar surface area (TPSA) is 72.7 Å². The number of nitrogens with zero attached hydrogens (tertiary/aromatic N) is 3. The van der Waals surface area contributed by atoms with Crippen LogP contribution in [0.3, 0.4) is 0 Å². The van der Waals surface area contributed by atoms with Crippen molar-refractivity contribution in [3.63, 3.8) is 0 Å². The van der Waals surface area contributed by atoms with Crippen molar-refractivity contribution in [2.24, 2.45) is 4.99 Å². The molecule has 0 amide bonds. The van der Waals surface area contributed by atoms with Crippen LogP contribution >= 0.6 is 0 Å². The first-order chi connectivity index (χ1) is 14.5. The number of benzene rings is 2. The molecule has 158 valence electrons. The molecule has 0 bridgehead atoms. The first-order valence-electron chi connectivity index (χ1n) is 9.50. The molecular weight excluding hydrogens is 385 g/mol. The highest BCUT2D eigenvalue weighted by Crippen LogP contribution is 2.27. The number of methoxy groups -OCH3 is 2. The van der Waals surface area contributed by atoms with Crippen molar-refractivity contribution in [3.05, 3.63) is 71.6 Å². The van der Waals surface area contributed by atoms with E-state index >= 15 is 0 Å². The zero-order valence-electron chi connectivity index (χ0n) is 17.6. The van der Waals surface area contributed by atoms with Gasteiger partial charge in [0.1, 0.15) is 11.6 Å². The van der Waals surface area contributed by atoms with Crippen LogP contribution in [0.2, 0.25) is 0 Å². The predicted molar refractivity (Wildman–Crippen MR) is 115 cm³/mol. The molecule has 0 saturated heterocycles. The zero-order chi connectivity index (χ0) is 21.5. The molecule has 0 aliphatic carbocycles. The Morgan fingerprint density at radius 3 is 2.27 bits per heavy atom. The first kappa shape index (κ1) is 21.2. The molecule has 0 fully saturated rings. The SMILES string of the molecule is CN=C(NCc1ccc(-n2ccnc2C)c(F)c1)NCc1ccc(OC)c(OC)c1. The van der Waals surface area contributed by atoms with Gasteiger partial charge in [-0.25, -0.2) is 9.37 Å². The largest absolute Gasteiger partial charge is 0.493 e. The van der Waals surface area contributed by atoms with Gasteiger partial charge in [-0.2, -0.15) is 0 Å². The van der Waals surface area contributed by atoms with E-state index in [4.69, 9.17) is 9.47 Å². The van der Waals surface area contributed by atoms with Crippen molar-refractivity contribution < 1.29 is 13.9 Å². The summed E-state index contributed by atoms with van der Waals surface area (Å²) in [5.74, 6) is 2.39. The van der Waals surface area contributed by atoms with E-state index in [1.807, 2.05) is 31.2 Å². The Hall–Kier alpha value is -3.55. The van der Waals surface area contributed by atoms with Gasteiger partial charge < -0.3 is 24.7 Å². The molecular formula is C22H26FN5O2. The van der Waals surface area contributed by atoms with Crippen LogP contribution in [0, 0.1) is 12.7 Å². The Morgan fingerprint density at radius 1 is 1.03 bits per heavy atom. The van der Waals surface area contributed by atoms with Gasteiger partial charge in [-0.15, -0.1) is 0 Å². The monoisotopic (exact) mass is 411 g/mol. The highest BCUT2D eigenvalue weighted by atomic mass is 19.1. The van der Waals surface area contributed by atoms with Crippen LogP contribution in [0.5, 0.6) is 11.5 Å². The average molecular weight is 411 g/mol. The number of aliphatic imine (C=N–C) groups is 1. The molecule has 0 saturated carbocycles. The molecule has 0 aliphatic heterocycles. The van der Waals surface area contributed by atoms with E-state index in [-0.39, 0.29) is 5.82 Å². The van der Waals surface area contributed by atoms with Crippen molar-refractivity contribution in [2.45, 2.75) is 20.0 Å². The summed E-state index contributed by atoms with van der Waals surface area (Å²) in [4.78, 5) is 8.36. The van der Waals surface area contributed by atoms with Crippen LogP contribution in [-0.2, 0) is 13.1 Å². The fraction of sp³-hybridized carbons (Fsp3) is 0.273. The van der Waals surface area contributed by atoms with E-state index in [1.54, 1.807) is 44.3 Å². The summed E-state index contributed by atoms with van der Waals surface area (Å²) in [6, 6.07) is 10.9. The van der Waals surface area contributed by atoms with Gasteiger partial charge in [0.2, 0.25) is 0 Å². The number of imidazole rings is 1. The third kappa shape index (κ3) is 4.89. The van der Waals surface area contributed by atoms with Crippen molar-refractivity contribution >= 4 is 5.96 Å². The number of hydrogen-bond donors (Lipinski definition) is 2. The van der Waals surface area contributed by atoms with E-state index in [1.165, 1.54) is 6.07 Å². The van der Waals surface area contributed by atoms with Crippen LogP contribution in [0.1, 0.15) is 17.0 Å². The fourth-order valence-corrected chi connectivity index (χ4v) is 3.07. The first-order valence-corrected chi connectivity index (χ1v) is 9.50. The van der Waals surface area contributed by atoms with Gasteiger partial charge >= 0.3 is 0 Å². The number of guanidine groups is 1. The lowest BCUT2D eigenvalue weighted by molar-refractivity contribution is 0.354. The van der Waals surface area contributed by atoms with Gasteiger partial charge in [0.25, 0.3) is 0 Å². The number of aromatic nitrogens is 2. The van der Waals surface area contributed by atoms with Crippen LogP contribution in [0.4, 0.5) is 4.39 Å². The fourth-order valence-electron chi connectivity index (χ4n) is 3.07. The number of halogens is 1. The molecule has 8 heteroatoms. The van der Waals surface area contributed by atoms with Crippen LogP contribution in [-0.4, -0.2) is 36.8 Å². The Bertz CT molecular complexity index is 1030.